The number of benzene rings is 1. The molecule has 0 heterocycles. The lowest BCUT2D eigenvalue weighted by atomic mass is 10.0. The molecule has 0 saturated carbocycles. The zero-order valence-electron chi connectivity index (χ0n) is 18.6. The molecule has 1 rings (SSSR count). The van der Waals surface area contributed by atoms with Gasteiger partial charge >= 0.3 is 0 Å². The van der Waals surface area contributed by atoms with Gasteiger partial charge in [-0.25, -0.2) is 0 Å². The molecule has 0 amide bonds. The summed E-state index contributed by atoms with van der Waals surface area (Å²) in [5.74, 6) is -0.232. The van der Waals surface area contributed by atoms with Gasteiger partial charge in [-0.05, 0) is 24.3 Å². The SMILES string of the molecule is CC(C)CCCCCCCCCCCCCCC[NH3+].O=C([O-])c1ccccc1. The van der Waals surface area contributed by atoms with E-state index in [9.17, 15) is 9.90 Å². The Kier molecular flexibility index (Phi) is 19.4. The first kappa shape index (κ1) is 26.6. The molecule has 3 N–H and O–H groups in total. The lowest BCUT2D eigenvalue weighted by molar-refractivity contribution is -0.368. The quantitative estimate of drug-likeness (QED) is 0.384. The maximum absolute atomic E-state index is 10.1. The molecule has 3 heteroatoms. The van der Waals surface area contributed by atoms with Crippen LogP contribution in [0.4, 0.5) is 0 Å². The van der Waals surface area contributed by atoms with Gasteiger partial charge in [-0.15, -0.1) is 0 Å². The first-order valence-electron chi connectivity index (χ1n) is 11.6. The van der Waals surface area contributed by atoms with E-state index in [-0.39, 0.29) is 5.56 Å². The van der Waals surface area contributed by atoms with E-state index in [1.54, 1.807) is 18.2 Å². The number of quaternary nitrogens is 1. The van der Waals surface area contributed by atoms with E-state index in [0.29, 0.717) is 0 Å². The fourth-order valence-corrected chi connectivity index (χ4v) is 3.25. The molecule has 0 aliphatic heterocycles. The third-order valence-electron chi connectivity index (χ3n) is 5.04. The van der Waals surface area contributed by atoms with E-state index in [0.717, 1.165) is 12.5 Å². The topological polar surface area (TPSA) is 67.8 Å². The van der Waals surface area contributed by atoms with Crippen molar-refractivity contribution in [3.05, 3.63) is 35.9 Å². The van der Waals surface area contributed by atoms with Gasteiger partial charge in [-0.1, -0.05) is 121 Å². The Balaban J connectivity index is 0.000000668. The monoisotopic (exact) mass is 391 g/mol. The number of carbonyl (C=O) groups is 1. The molecule has 0 bridgehead atoms. The molecule has 0 radical (unpaired) electrons. The second kappa shape index (κ2) is 20.4. The number of unbranched alkanes of at least 4 members (excludes halogenated alkanes) is 12. The van der Waals surface area contributed by atoms with Gasteiger partial charge in [0.1, 0.15) is 0 Å². The number of hydrogen-bond donors (Lipinski definition) is 1. The van der Waals surface area contributed by atoms with Gasteiger partial charge in [-0.3, -0.25) is 0 Å². The van der Waals surface area contributed by atoms with Gasteiger partial charge in [0.15, 0.2) is 0 Å². The molecule has 0 aliphatic carbocycles. The number of hydrogen-bond acceptors (Lipinski definition) is 2. The highest BCUT2D eigenvalue weighted by molar-refractivity contribution is 5.85. The highest BCUT2D eigenvalue weighted by Gasteiger charge is 1.96. The fraction of sp³-hybridized carbons (Fsp3) is 0.720. The molecule has 3 nitrogen and oxygen atoms in total. The van der Waals surface area contributed by atoms with Crippen LogP contribution in [0.3, 0.4) is 0 Å². The minimum atomic E-state index is -1.13. The number of carbonyl (C=O) groups excluding carboxylic acids is 1. The molecule has 0 atom stereocenters. The van der Waals surface area contributed by atoms with Gasteiger partial charge in [0.25, 0.3) is 0 Å². The van der Waals surface area contributed by atoms with Crippen LogP contribution in [-0.2, 0) is 0 Å². The number of rotatable bonds is 16. The van der Waals surface area contributed by atoms with Crippen molar-refractivity contribution >= 4 is 5.97 Å². The van der Waals surface area contributed by atoms with Crippen molar-refractivity contribution in [2.75, 3.05) is 6.54 Å². The lowest BCUT2D eigenvalue weighted by Gasteiger charge is -2.04. The van der Waals surface area contributed by atoms with Crippen LogP contribution >= 0.6 is 0 Å². The van der Waals surface area contributed by atoms with Crippen LogP contribution in [0.5, 0.6) is 0 Å². The molecule has 28 heavy (non-hydrogen) atoms. The summed E-state index contributed by atoms with van der Waals surface area (Å²) < 4.78 is 0. The third kappa shape index (κ3) is 19.4. The second-order valence-electron chi connectivity index (χ2n) is 8.29. The summed E-state index contributed by atoms with van der Waals surface area (Å²) >= 11 is 0. The van der Waals surface area contributed by atoms with Crippen LogP contribution in [0.25, 0.3) is 0 Å². The van der Waals surface area contributed by atoms with Crippen molar-refractivity contribution in [1.29, 1.82) is 0 Å². The Hall–Kier alpha value is -1.35. The second-order valence-corrected chi connectivity index (χ2v) is 8.29. The van der Waals surface area contributed by atoms with Crippen LogP contribution in [-0.4, -0.2) is 12.5 Å². The Morgan fingerprint density at radius 1 is 0.750 bits per heavy atom. The van der Waals surface area contributed by atoms with E-state index in [4.69, 9.17) is 0 Å². The maximum Gasteiger partial charge on any atom is 0.0739 e. The van der Waals surface area contributed by atoms with Crippen LogP contribution < -0.4 is 10.8 Å². The number of carboxylic acid groups (broad SMARTS) is 1. The molecule has 162 valence electrons. The molecule has 1 aromatic rings. The van der Waals surface area contributed by atoms with Crippen molar-refractivity contribution < 1.29 is 15.6 Å². The molecule has 0 aliphatic rings. The van der Waals surface area contributed by atoms with Crippen LogP contribution in [0.15, 0.2) is 30.3 Å². The molecule has 0 fully saturated rings. The van der Waals surface area contributed by atoms with Crippen LogP contribution in [0.2, 0.25) is 0 Å². The average molecular weight is 392 g/mol. The summed E-state index contributed by atoms with van der Waals surface area (Å²) in [4.78, 5) is 10.1. The van der Waals surface area contributed by atoms with Crippen molar-refractivity contribution in [2.45, 2.75) is 104 Å². The predicted octanol–water partition coefficient (Wildman–Crippen LogP) is 5.40. The van der Waals surface area contributed by atoms with Crippen molar-refractivity contribution in [2.24, 2.45) is 5.92 Å². The average Bonchev–Trinajstić information content (AvgIpc) is 2.69. The van der Waals surface area contributed by atoms with Gasteiger partial charge < -0.3 is 15.6 Å². The molecule has 0 saturated heterocycles. The Morgan fingerprint density at radius 2 is 1.14 bits per heavy atom. The molecular weight excluding hydrogens is 346 g/mol. The maximum atomic E-state index is 10.1. The summed E-state index contributed by atoms with van der Waals surface area (Å²) in [5, 5.41) is 10.1. The molecular formula is C25H45NO2. The summed E-state index contributed by atoms with van der Waals surface area (Å²) in [7, 11) is 0. The number of aromatic carboxylic acids is 1. The van der Waals surface area contributed by atoms with Crippen LogP contribution in [0.1, 0.15) is 114 Å². The van der Waals surface area contributed by atoms with Gasteiger partial charge in [-0.2, -0.15) is 0 Å². The minimum Gasteiger partial charge on any atom is -0.545 e. The van der Waals surface area contributed by atoms with Gasteiger partial charge in [0.2, 0.25) is 0 Å². The predicted molar refractivity (Wildman–Crippen MR) is 118 cm³/mol. The van der Waals surface area contributed by atoms with E-state index >= 15 is 0 Å². The molecule has 0 aromatic heterocycles. The Morgan fingerprint density at radius 3 is 1.46 bits per heavy atom. The molecule has 0 unspecified atom stereocenters. The highest BCUT2D eigenvalue weighted by Crippen LogP contribution is 2.14. The Labute approximate surface area is 174 Å². The Bertz CT molecular complexity index is 445. The molecule has 1 aromatic carbocycles. The van der Waals surface area contributed by atoms with Crippen molar-refractivity contribution in [3.63, 3.8) is 0 Å². The minimum absolute atomic E-state index is 0.220. The number of carboxylic acids is 1. The van der Waals surface area contributed by atoms with Crippen molar-refractivity contribution in [3.8, 4) is 0 Å². The smallest absolute Gasteiger partial charge is 0.0739 e. The van der Waals surface area contributed by atoms with E-state index in [1.165, 1.54) is 102 Å². The van der Waals surface area contributed by atoms with E-state index < -0.39 is 5.97 Å². The highest BCUT2D eigenvalue weighted by atomic mass is 16.4. The first-order chi connectivity index (χ1) is 13.6. The van der Waals surface area contributed by atoms with Crippen molar-refractivity contribution in [1.82, 2.24) is 0 Å². The summed E-state index contributed by atoms with van der Waals surface area (Å²) in [5.41, 5.74) is 4.11. The standard InChI is InChI=1S/C18H39N.C7H6O2/c1-18(2)16-14-12-10-8-6-4-3-5-7-9-11-13-15-17-19;8-7(9)6-4-2-1-3-5-6/h18H,3-17,19H2,1-2H3;1-5H,(H,8,9). The van der Waals surface area contributed by atoms with Gasteiger partial charge in [0, 0.05) is 0 Å². The third-order valence-corrected chi connectivity index (χ3v) is 5.04. The van der Waals surface area contributed by atoms with E-state index in [1.807, 2.05) is 0 Å². The van der Waals surface area contributed by atoms with E-state index in [2.05, 4.69) is 19.6 Å². The first-order valence-corrected chi connectivity index (χ1v) is 11.6. The summed E-state index contributed by atoms with van der Waals surface area (Å²) in [6, 6.07) is 8.06. The zero-order chi connectivity index (χ0) is 20.9. The summed E-state index contributed by atoms with van der Waals surface area (Å²) in [6.45, 7) is 5.79. The van der Waals surface area contributed by atoms with Crippen LogP contribution in [0, 0.1) is 5.92 Å². The molecule has 0 spiro atoms. The fourth-order valence-electron chi connectivity index (χ4n) is 3.25. The normalized spacial score (nSPS) is 10.6. The summed E-state index contributed by atoms with van der Waals surface area (Å²) in [6.07, 6.45) is 20.3. The van der Waals surface area contributed by atoms with Gasteiger partial charge in [0.05, 0.1) is 12.5 Å². The zero-order valence-corrected chi connectivity index (χ0v) is 18.6. The lowest BCUT2D eigenvalue weighted by Crippen LogP contribution is -2.50. The largest absolute Gasteiger partial charge is 0.545 e.